The van der Waals surface area contributed by atoms with Crippen molar-refractivity contribution in [2.45, 2.75) is 18.9 Å². The maximum absolute atomic E-state index is 9.96. The van der Waals surface area contributed by atoms with Crippen LogP contribution in [0.3, 0.4) is 0 Å². The molecule has 1 unspecified atom stereocenters. The van der Waals surface area contributed by atoms with Gasteiger partial charge in [0.25, 0.3) is 0 Å². The minimum Gasteiger partial charge on any atom is -0.481 e. The number of nitrogens with two attached hydrogens (primary N) is 1. The number of rotatable bonds is 3. The minimum absolute atomic E-state index is 0. The van der Waals surface area contributed by atoms with Crippen LogP contribution in [0, 0.1) is 0 Å². The van der Waals surface area contributed by atoms with Gasteiger partial charge in [-0.15, -0.1) is 12.4 Å². The smallest absolute Gasteiger partial charge is 0.306 e. The molecule has 4 nitrogen and oxygen atoms in total. The Bertz CT molecular complexity index is 115. The summed E-state index contributed by atoms with van der Waals surface area (Å²) in [6.07, 6.45) is -0.302. The van der Waals surface area contributed by atoms with Crippen LogP contribution < -0.4 is 5.73 Å². The van der Waals surface area contributed by atoms with E-state index in [2.05, 4.69) is 0 Å². The highest BCUT2D eigenvalue weighted by Gasteiger charge is 2.21. The predicted molar refractivity (Wildman–Crippen MR) is 39.2 cm³/mol. The standard InChI is InChI=1S/C5H11NO3.ClH/c1-5(9,3-6)2-4(7)8;/h9H,2-3,6H2,1H3,(H,7,8);1H. The Morgan fingerprint density at radius 2 is 2.10 bits per heavy atom. The maximum Gasteiger partial charge on any atom is 0.306 e. The Balaban J connectivity index is 0. The zero-order valence-electron chi connectivity index (χ0n) is 5.70. The lowest BCUT2D eigenvalue weighted by atomic mass is 10.0. The highest BCUT2D eigenvalue weighted by molar-refractivity contribution is 5.85. The van der Waals surface area contributed by atoms with Crippen LogP contribution >= 0.6 is 12.4 Å². The van der Waals surface area contributed by atoms with E-state index in [0.29, 0.717) is 0 Å². The van der Waals surface area contributed by atoms with Crippen LogP contribution in [0.25, 0.3) is 0 Å². The molecule has 0 radical (unpaired) electrons. The summed E-state index contributed by atoms with van der Waals surface area (Å²) in [7, 11) is 0. The average molecular weight is 170 g/mol. The molecule has 0 heterocycles. The van der Waals surface area contributed by atoms with Gasteiger partial charge in [-0.05, 0) is 6.92 Å². The van der Waals surface area contributed by atoms with Gasteiger partial charge in [0.1, 0.15) is 0 Å². The van der Waals surface area contributed by atoms with E-state index in [-0.39, 0.29) is 25.4 Å². The largest absolute Gasteiger partial charge is 0.481 e. The van der Waals surface area contributed by atoms with Gasteiger partial charge in [-0.2, -0.15) is 0 Å². The lowest BCUT2D eigenvalue weighted by Crippen LogP contribution is -2.36. The number of carboxylic acid groups (broad SMARTS) is 1. The van der Waals surface area contributed by atoms with Crippen molar-refractivity contribution in [3.8, 4) is 0 Å². The topological polar surface area (TPSA) is 83.5 Å². The van der Waals surface area contributed by atoms with E-state index < -0.39 is 11.6 Å². The van der Waals surface area contributed by atoms with Crippen molar-refractivity contribution in [3.63, 3.8) is 0 Å². The molecule has 0 saturated heterocycles. The Hall–Kier alpha value is -0.320. The van der Waals surface area contributed by atoms with Crippen LogP contribution in [0.2, 0.25) is 0 Å². The van der Waals surface area contributed by atoms with Gasteiger partial charge < -0.3 is 15.9 Å². The molecule has 10 heavy (non-hydrogen) atoms. The third-order valence-electron chi connectivity index (χ3n) is 0.972. The summed E-state index contributed by atoms with van der Waals surface area (Å²) in [6.45, 7) is 1.36. The van der Waals surface area contributed by atoms with Crippen LogP contribution in [0.15, 0.2) is 0 Å². The minimum atomic E-state index is -1.26. The van der Waals surface area contributed by atoms with Crippen LogP contribution in [0.4, 0.5) is 0 Å². The van der Waals surface area contributed by atoms with Gasteiger partial charge in [-0.25, -0.2) is 0 Å². The molecule has 0 rings (SSSR count). The van der Waals surface area contributed by atoms with Gasteiger partial charge >= 0.3 is 5.97 Å². The number of hydrogen-bond donors (Lipinski definition) is 3. The molecule has 0 amide bonds. The molecule has 0 aliphatic carbocycles. The zero-order chi connectivity index (χ0) is 7.49. The van der Waals surface area contributed by atoms with E-state index in [1.165, 1.54) is 6.92 Å². The Morgan fingerprint density at radius 3 is 2.20 bits per heavy atom. The lowest BCUT2D eigenvalue weighted by Gasteiger charge is -2.17. The molecule has 1 atom stereocenters. The van der Waals surface area contributed by atoms with Crippen molar-refractivity contribution < 1.29 is 15.0 Å². The second-order valence-corrected chi connectivity index (χ2v) is 2.27. The number of hydrogen-bond acceptors (Lipinski definition) is 3. The first-order valence-corrected chi connectivity index (χ1v) is 2.62. The molecule has 0 spiro atoms. The van der Waals surface area contributed by atoms with Gasteiger partial charge in [-0.1, -0.05) is 0 Å². The van der Waals surface area contributed by atoms with Crippen LogP contribution in [-0.4, -0.2) is 28.3 Å². The molecule has 0 aliphatic heterocycles. The van der Waals surface area contributed by atoms with E-state index in [4.69, 9.17) is 15.9 Å². The number of carboxylic acids is 1. The molecule has 0 aromatic rings. The second-order valence-electron chi connectivity index (χ2n) is 2.27. The summed E-state index contributed by atoms with van der Waals surface area (Å²) in [6, 6.07) is 0. The number of carbonyl (C=O) groups is 1. The lowest BCUT2D eigenvalue weighted by molar-refractivity contribution is -0.141. The van der Waals surface area contributed by atoms with Gasteiger partial charge in [0.2, 0.25) is 0 Å². The molecular weight excluding hydrogens is 158 g/mol. The van der Waals surface area contributed by atoms with Gasteiger partial charge in [0.15, 0.2) is 0 Å². The molecule has 0 fully saturated rings. The maximum atomic E-state index is 9.96. The summed E-state index contributed by atoms with van der Waals surface area (Å²) >= 11 is 0. The van der Waals surface area contributed by atoms with Crippen molar-refractivity contribution in [2.24, 2.45) is 5.73 Å². The summed E-state index contributed by atoms with van der Waals surface area (Å²) < 4.78 is 0. The van der Waals surface area contributed by atoms with Crippen molar-refractivity contribution in [2.75, 3.05) is 6.54 Å². The van der Waals surface area contributed by atoms with E-state index >= 15 is 0 Å². The molecule has 0 aromatic carbocycles. The second kappa shape index (κ2) is 4.49. The van der Waals surface area contributed by atoms with Gasteiger partial charge in [0, 0.05) is 6.54 Å². The van der Waals surface area contributed by atoms with Gasteiger partial charge in [-0.3, -0.25) is 4.79 Å². The monoisotopic (exact) mass is 169 g/mol. The molecular formula is C5H12ClNO3. The quantitative estimate of drug-likeness (QED) is 0.537. The van der Waals surface area contributed by atoms with Crippen LogP contribution in [0.1, 0.15) is 13.3 Å². The molecule has 5 heteroatoms. The average Bonchev–Trinajstić information content (AvgIpc) is 1.63. The SMILES string of the molecule is CC(O)(CN)CC(=O)O.Cl. The molecule has 4 N–H and O–H groups in total. The molecule has 0 bridgehead atoms. The van der Waals surface area contributed by atoms with Gasteiger partial charge in [0.05, 0.1) is 12.0 Å². The van der Waals surface area contributed by atoms with E-state index in [1.54, 1.807) is 0 Å². The summed E-state index contributed by atoms with van der Waals surface area (Å²) in [5.41, 5.74) is 3.78. The Labute approximate surface area is 65.4 Å². The third kappa shape index (κ3) is 5.81. The molecule has 0 saturated carbocycles. The molecule has 62 valence electrons. The third-order valence-corrected chi connectivity index (χ3v) is 0.972. The first kappa shape index (κ1) is 12.4. The predicted octanol–water partition coefficient (Wildman–Crippen LogP) is -0.407. The van der Waals surface area contributed by atoms with Crippen molar-refractivity contribution in [1.82, 2.24) is 0 Å². The van der Waals surface area contributed by atoms with E-state index in [9.17, 15) is 4.79 Å². The summed E-state index contributed by atoms with van der Waals surface area (Å²) in [5, 5.41) is 17.2. The summed E-state index contributed by atoms with van der Waals surface area (Å²) in [5.74, 6) is -1.04. The normalized spacial score (nSPS) is 15.1. The fraction of sp³-hybridized carbons (Fsp3) is 0.800. The van der Waals surface area contributed by atoms with Crippen LogP contribution in [0.5, 0.6) is 0 Å². The fourth-order valence-electron chi connectivity index (χ4n) is 0.398. The molecule has 0 aliphatic rings. The Kier molecular flexibility index (Phi) is 5.55. The van der Waals surface area contributed by atoms with E-state index in [0.717, 1.165) is 0 Å². The van der Waals surface area contributed by atoms with Crippen LogP contribution in [-0.2, 0) is 4.79 Å². The number of aliphatic carboxylic acids is 1. The number of halogens is 1. The zero-order valence-corrected chi connectivity index (χ0v) is 6.52. The number of aliphatic hydroxyl groups is 1. The van der Waals surface area contributed by atoms with E-state index in [1.807, 2.05) is 0 Å². The van der Waals surface area contributed by atoms with Crippen molar-refractivity contribution in [3.05, 3.63) is 0 Å². The van der Waals surface area contributed by atoms with Crippen molar-refractivity contribution >= 4 is 18.4 Å². The first-order valence-electron chi connectivity index (χ1n) is 2.62. The summed E-state index contributed by atoms with van der Waals surface area (Å²) in [4.78, 5) is 9.96. The highest BCUT2D eigenvalue weighted by atomic mass is 35.5. The highest BCUT2D eigenvalue weighted by Crippen LogP contribution is 2.05. The Morgan fingerprint density at radius 1 is 1.70 bits per heavy atom. The molecule has 0 aromatic heterocycles. The first-order chi connectivity index (χ1) is 3.98. The van der Waals surface area contributed by atoms with Crippen molar-refractivity contribution in [1.29, 1.82) is 0 Å². The fourth-order valence-corrected chi connectivity index (χ4v) is 0.398.